The summed E-state index contributed by atoms with van der Waals surface area (Å²) in [7, 11) is 0. The standard InChI is InChI=1S/C21H17N5O5S2/c1-3-31-20(28)16-8-14(9-22)19(23-12(16)2)32-11-18(27)25-21-24-17(10-33-21)13-5-4-6-15(7-13)26(29)30/h4-8,10H,3,11H2,1-2H3,(H,24,25,27). The Morgan fingerprint density at radius 1 is 1.33 bits per heavy atom. The topological polar surface area (TPSA) is 148 Å². The highest BCUT2D eigenvalue weighted by Gasteiger charge is 2.18. The highest BCUT2D eigenvalue weighted by atomic mass is 32.2. The van der Waals surface area contributed by atoms with Crippen molar-refractivity contribution >= 4 is 45.8 Å². The maximum atomic E-state index is 12.4. The van der Waals surface area contributed by atoms with E-state index in [9.17, 15) is 25.0 Å². The molecule has 2 heterocycles. The Bertz CT molecular complexity index is 1270. The van der Waals surface area contributed by atoms with Crippen molar-refractivity contribution < 1.29 is 19.2 Å². The monoisotopic (exact) mass is 483 g/mol. The molecule has 0 spiro atoms. The molecule has 1 aromatic carbocycles. The minimum atomic E-state index is -0.559. The summed E-state index contributed by atoms with van der Waals surface area (Å²) in [5.74, 6) is -0.958. The number of nitro groups is 1. The highest BCUT2D eigenvalue weighted by molar-refractivity contribution is 8.00. The van der Waals surface area contributed by atoms with Crippen LogP contribution in [0.4, 0.5) is 10.8 Å². The number of anilines is 1. The molecular formula is C21H17N5O5S2. The Hall–Kier alpha value is -3.82. The lowest BCUT2D eigenvalue weighted by atomic mass is 10.1. The van der Waals surface area contributed by atoms with E-state index in [1.165, 1.54) is 29.5 Å². The SMILES string of the molecule is CCOC(=O)c1cc(C#N)c(SCC(=O)Nc2nc(-c3cccc([N+](=O)[O-])c3)cs2)nc1C. The minimum absolute atomic E-state index is 0.0361. The average molecular weight is 484 g/mol. The summed E-state index contributed by atoms with van der Waals surface area (Å²) in [5, 5.41) is 25.4. The molecule has 168 valence electrons. The number of thiazole rings is 1. The number of nitrogens with one attached hydrogen (secondary N) is 1. The second-order valence-electron chi connectivity index (χ2n) is 6.49. The zero-order chi connectivity index (χ0) is 24.0. The van der Waals surface area contributed by atoms with Gasteiger partial charge in [0.15, 0.2) is 5.13 Å². The van der Waals surface area contributed by atoms with E-state index in [1.54, 1.807) is 31.4 Å². The molecule has 1 amide bonds. The Labute approximate surface area is 196 Å². The fraction of sp³-hybridized carbons (Fsp3) is 0.190. The van der Waals surface area contributed by atoms with Crippen molar-refractivity contribution in [2.45, 2.75) is 18.9 Å². The summed E-state index contributed by atoms with van der Waals surface area (Å²) in [6.07, 6.45) is 0. The molecule has 3 rings (SSSR count). The van der Waals surface area contributed by atoms with Gasteiger partial charge in [-0.3, -0.25) is 14.9 Å². The maximum Gasteiger partial charge on any atom is 0.340 e. The molecule has 12 heteroatoms. The lowest BCUT2D eigenvalue weighted by Gasteiger charge is -2.09. The van der Waals surface area contributed by atoms with Crippen molar-refractivity contribution in [2.24, 2.45) is 0 Å². The number of nitrogens with zero attached hydrogens (tertiary/aromatic N) is 4. The van der Waals surface area contributed by atoms with Crippen LogP contribution in [0, 0.1) is 28.4 Å². The molecular weight excluding hydrogens is 466 g/mol. The first-order valence-electron chi connectivity index (χ1n) is 9.54. The highest BCUT2D eigenvalue weighted by Crippen LogP contribution is 2.28. The fourth-order valence-electron chi connectivity index (χ4n) is 2.72. The average Bonchev–Trinajstić information content (AvgIpc) is 3.26. The summed E-state index contributed by atoms with van der Waals surface area (Å²) in [4.78, 5) is 43.4. The molecule has 10 nitrogen and oxygen atoms in total. The van der Waals surface area contributed by atoms with E-state index >= 15 is 0 Å². The number of thioether (sulfide) groups is 1. The maximum absolute atomic E-state index is 12.4. The number of aryl methyl sites for hydroxylation is 1. The fourth-order valence-corrected chi connectivity index (χ4v) is 4.26. The predicted octanol–water partition coefficient (Wildman–Crippen LogP) is 4.20. The van der Waals surface area contributed by atoms with Gasteiger partial charge in [0.05, 0.1) is 39.8 Å². The summed E-state index contributed by atoms with van der Waals surface area (Å²) in [5.41, 5.74) is 1.80. The van der Waals surface area contributed by atoms with E-state index < -0.39 is 10.9 Å². The molecule has 33 heavy (non-hydrogen) atoms. The van der Waals surface area contributed by atoms with Crippen molar-refractivity contribution in [3.05, 3.63) is 62.6 Å². The van der Waals surface area contributed by atoms with Gasteiger partial charge in [-0.1, -0.05) is 23.9 Å². The summed E-state index contributed by atoms with van der Waals surface area (Å²) in [6, 6.07) is 9.46. The number of aromatic nitrogens is 2. The number of benzene rings is 1. The van der Waals surface area contributed by atoms with Gasteiger partial charge in [0.2, 0.25) is 5.91 Å². The van der Waals surface area contributed by atoms with E-state index in [4.69, 9.17) is 4.74 Å². The van der Waals surface area contributed by atoms with Gasteiger partial charge in [-0.2, -0.15) is 5.26 Å². The van der Waals surface area contributed by atoms with E-state index in [0.717, 1.165) is 11.8 Å². The third-order valence-electron chi connectivity index (χ3n) is 4.24. The minimum Gasteiger partial charge on any atom is -0.462 e. The number of esters is 1. The number of hydrogen-bond donors (Lipinski definition) is 1. The molecule has 0 fully saturated rings. The summed E-state index contributed by atoms with van der Waals surface area (Å²) in [6.45, 7) is 3.52. The number of nitro benzene ring substituents is 1. The second kappa shape index (κ2) is 10.7. The molecule has 0 bridgehead atoms. The van der Waals surface area contributed by atoms with Crippen molar-refractivity contribution in [3.8, 4) is 17.3 Å². The van der Waals surface area contributed by atoms with Gasteiger partial charge in [0, 0.05) is 23.1 Å². The van der Waals surface area contributed by atoms with Gasteiger partial charge in [-0.05, 0) is 19.9 Å². The number of carbonyl (C=O) groups excluding carboxylic acids is 2. The lowest BCUT2D eigenvalue weighted by Crippen LogP contribution is -2.14. The number of pyridine rings is 1. The first kappa shape index (κ1) is 23.8. The van der Waals surface area contributed by atoms with Crippen LogP contribution >= 0.6 is 23.1 Å². The second-order valence-corrected chi connectivity index (χ2v) is 8.31. The number of nitriles is 1. The first-order valence-corrected chi connectivity index (χ1v) is 11.4. The van der Waals surface area contributed by atoms with Crippen LogP contribution in [-0.4, -0.2) is 39.1 Å². The molecule has 2 aromatic heterocycles. The number of rotatable bonds is 8. The van der Waals surface area contributed by atoms with E-state index in [0.29, 0.717) is 27.1 Å². The summed E-state index contributed by atoms with van der Waals surface area (Å²) >= 11 is 2.25. The van der Waals surface area contributed by atoms with Gasteiger partial charge in [0.25, 0.3) is 5.69 Å². The van der Waals surface area contributed by atoms with Crippen LogP contribution in [0.1, 0.15) is 28.5 Å². The van der Waals surface area contributed by atoms with Crippen LogP contribution in [-0.2, 0) is 9.53 Å². The number of carbonyl (C=O) groups is 2. The van der Waals surface area contributed by atoms with E-state index in [1.807, 2.05) is 6.07 Å². The molecule has 0 aliphatic rings. The molecule has 0 saturated carbocycles. The van der Waals surface area contributed by atoms with Gasteiger partial charge in [-0.15, -0.1) is 11.3 Å². The van der Waals surface area contributed by atoms with Crippen LogP contribution < -0.4 is 5.32 Å². The van der Waals surface area contributed by atoms with E-state index in [2.05, 4.69) is 15.3 Å². The molecule has 0 atom stereocenters. The van der Waals surface area contributed by atoms with Crippen LogP contribution in [0.5, 0.6) is 0 Å². The number of amides is 1. The number of non-ortho nitro benzene ring substituents is 1. The van der Waals surface area contributed by atoms with Crippen molar-refractivity contribution in [2.75, 3.05) is 17.7 Å². The smallest absolute Gasteiger partial charge is 0.340 e. The van der Waals surface area contributed by atoms with E-state index in [-0.39, 0.29) is 35.1 Å². The first-order chi connectivity index (χ1) is 15.8. The van der Waals surface area contributed by atoms with Crippen molar-refractivity contribution in [3.63, 3.8) is 0 Å². The third kappa shape index (κ3) is 5.91. The van der Waals surface area contributed by atoms with Crippen LogP contribution in [0.3, 0.4) is 0 Å². The van der Waals surface area contributed by atoms with Gasteiger partial charge in [0.1, 0.15) is 11.1 Å². The largest absolute Gasteiger partial charge is 0.462 e. The normalized spacial score (nSPS) is 10.3. The Morgan fingerprint density at radius 2 is 2.12 bits per heavy atom. The Morgan fingerprint density at radius 3 is 2.82 bits per heavy atom. The summed E-state index contributed by atoms with van der Waals surface area (Å²) < 4.78 is 4.97. The van der Waals surface area contributed by atoms with Gasteiger partial charge < -0.3 is 10.1 Å². The third-order valence-corrected chi connectivity index (χ3v) is 5.99. The van der Waals surface area contributed by atoms with Crippen LogP contribution in [0.25, 0.3) is 11.3 Å². The van der Waals surface area contributed by atoms with Crippen LogP contribution in [0.2, 0.25) is 0 Å². The quantitative estimate of drug-likeness (QED) is 0.215. The number of ether oxygens (including phenoxy) is 1. The molecule has 1 N–H and O–H groups in total. The molecule has 3 aromatic rings. The Balaban J connectivity index is 1.66. The zero-order valence-electron chi connectivity index (χ0n) is 17.5. The number of hydrogen-bond acceptors (Lipinski definition) is 10. The van der Waals surface area contributed by atoms with Crippen LogP contribution in [0.15, 0.2) is 40.7 Å². The van der Waals surface area contributed by atoms with Crippen molar-refractivity contribution in [1.82, 2.24) is 9.97 Å². The van der Waals surface area contributed by atoms with Gasteiger partial charge >= 0.3 is 5.97 Å². The molecule has 0 saturated heterocycles. The van der Waals surface area contributed by atoms with Gasteiger partial charge in [-0.25, -0.2) is 14.8 Å². The Kier molecular flexibility index (Phi) is 7.70. The molecule has 0 aliphatic heterocycles. The zero-order valence-corrected chi connectivity index (χ0v) is 19.2. The lowest BCUT2D eigenvalue weighted by molar-refractivity contribution is -0.384. The molecule has 0 aliphatic carbocycles. The molecule has 0 unspecified atom stereocenters. The van der Waals surface area contributed by atoms with Crippen molar-refractivity contribution in [1.29, 1.82) is 5.26 Å². The molecule has 0 radical (unpaired) electrons. The predicted molar refractivity (Wildman–Crippen MR) is 123 cm³/mol.